The first-order valence-electron chi connectivity index (χ1n) is 10.5. The predicted molar refractivity (Wildman–Crippen MR) is 121 cm³/mol. The van der Waals surface area contributed by atoms with Crippen LogP contribution in [-0.2, 0) is 6.54 Å². The zero-order chi connectivity index (χ0) is 21.2. The fraction of sp³-hybridized carbons (Fsp3) is 0.200. The maximum absolute atomic E-state index is 13.2. The number of nitrogens with zero attached hydrogens (tertiary/aromatic N) is 2. The summed E-state index contributed by atoms with van der Waals surface area (Å²) in [5, 5.41) is 5.82. The molecule has 0 aliphatic carbocycles. The van der Waals surface area contributed by atoms with Crippen molar-refractivity contribution in [3.05, 3.63) is 95.6 Å². The zero-order valence-electron chi connectivity index (χ0n) is 17.1. The molecule has 1 unspecified atom stereocenters. The number of rotatable bonds is 3. The minimum Gasteiger partial charge on any atom is -0.336 e. The van der Waals surface area contributed by atoms with Crippen molar-refractivity contribution in [2.45, 2.75) is 12.5 Å². The van der Waals surface area contributed by atoms with Gasteiger partial charge in [-0.2, -0.15) is 0 Å². The van der Waals surface area contributed by atoms with Crippen LogP contribution in [0.15, 0.2) is 78.9 Å². The molecule has 0 saturated carbocycles. The number of carbonyl (C=O) groups is 2. The molecule has 2 N–H and O–H groups in total. The van der Waals surface area contributed by atoms with Crippen molar-refractivity contribution < 1.29 is 9.59 Å². The largest absolute Gasteiger partial charge is 0.336 e. The lowest BCUT2D eigenvalue weighted by atomic mass is 9.85. The van der Waals surface area contributed by atoms with E-state index >= 15 is 0 Å². The van der Waals surface area contributed by atoms with Crippen molar-refractivity contribution in [3.63, 3.8) is 0 Å². The van der Waals surface area contributed by atoms with E-state index in [0.717, 1.165) is 5.69 Å². The third kappa shape index (κ3) is 3.84. The summed E-state index contributed by atoms with van der Waals surface area (Å²) in [5.74, 6) is 0.136. The van der Waals surface area contributed by atoms with E-state index in [-0.39, 0.29) is 18.0 Å². The van der Waals surface area contributed by atoms with Gasteiger partial charge in [0, 0.05) is 43.5 Å². The van der Waals surface area contributed by atoms with E-state index in [0.29, 0.717) is 31.9 Å². The lowest BCUT2D eigenvalue weighted by Crippen LogP contribution is -2.41. The molecule has 1 fully saturated rings. The van der Waals surface area contributed by atoms with E-state index in [1.807, 2.05) is 53.4 Å². The van der Waals surface area contributed by atoms with Crippen LogP contribution in [0.4, 0.5) is 21.0 Å². The minimum absolute atomic E-state index is 0.109. The van der Waals surface area contributed by atoms with Crippen LogP contribution >= 0.6 is 0 Å². The Hall–Kier alpha value is -3.80. The predicted octanol–water partition coefficient (Wildman–Crippen LogP) is 4.40. The Morgan fingerprint density at radius 2 is 1.77 bits per heavy atom. The first kappa shape index (κ1) is 19.2. The number of hydrogen-bond donors (Lipinski definition) is 2. The number of amides is 4. The molecule has 3 aromatic carbocycles. The maximum atomic E-state index is 13.2. The summed E-state index contributed by atoms with van der Waals surface area (Å²) in [4.78, 5) is 28.7. The van der Waals surface area contributed by atoms with Crippen molar-refractivity contribution in [2.75, 3.05) is 29.9 Å². The minimum atomic E-state index is -0.140. The molecule has 0 spiro atoms. The smallest absolute Gasteiger partial charge is 0.322 e. The van der Waals surface area contributed by atoms with Crippen LogP contribution in [0, 0.1) is 0 Å². The number of fused-ring (bicyclic) bond motifs is 1. The van der Waals surface area contributed by atoms with Gasteiger partial charge >= 0.3 is 12.1 Å². The standard InChI is InChI=1S/C25H24N4O2/c30-24-26-13-14-29(24)21-11-6-10-20(15-21)27-25(31)28-16-19-9-4-5-12-22(19)23(17-28)18-7-2-1-3-8-18/h1-12,15,23H,13-14,16-17H2,(H,26,30)(H,27,31). The van der Waals surface area contributed by atoms with Crippen LogP contribution in [-0.4, -0.2) is 36.6 Å². The van der Waals surface area contributed by atoms with Crippen molar-refractivity contribution in [1.82, 2.24) is 10.2 Å². The van der Waals surface area contributed by atoms with Gasteiger partial charge < -0.3 is 15.5 Å². The van der Waals surface area contributed by atoms with Gasteiger partial charge in [0.1, 0.15) is 0 Å². The molecule has 2 aliphatic rings. The van der Waals surface area contributed by atoms with E-state index in [2.05, 4.69) is 41.0 Å². The van der Waals surface area contributed by atoms with Crippen LogP contribution in [0.1, 0.15) is 22.6 Å². The van der Waals surface area contributed by atoms with E-state index < -0.39 is 0 Å². The number of benzene rings is 3. The molecule has 6 heteroatoms. The fourth-order valence-corrected chi connectivity index (χ4v) is 4.40. The molecular formula is C25H24N4O2. The molecular weight excluding hydrogens is 388 g/mol. The number of carbonyl (C=O) groups excluding carboxylic acids is 2. The molecule has 1 atom stereocenters. The Morgan fingerprint density at radius 3 is 2.58 bits per heavy atom. The second-order valence-electron chi connectivity index (χ2n) is 7.91. The summed E-state index contributed by atoms with van der Waals surface area (Å²) >= 11 is 0. The van der Waals surface area contributed by atoms with Crippen LogP contribution in [0.5, 0.6) is 0 Å². The topological polar surface area (TPSA) is 64.7 Å². The third-order valence-electron chi connectivity index (χ3n) is 5.95. The second kappa shape index (κ2) is 8.14. The quantitative estimate of drug-likeness (QED) is 0.670. The molecule has 5 rings (SSSR count). The Kier molecular flexibility index (Phi) is 5.04. The van der Waals surface area contributed by atoms with Crippen LogP contribution in [0.3, 0.4) is 0 Å². The Labute approximate surface area is 181 Å². The molecule has 156 valence electrons. The Balaban J connectivity index is 1.37. The molecule has 6 nitrogen and oxygen atoms in total. The highest BCUT2D eigenvalue weighted by atomic mass is 16.2. The first-order chi connectivity index (χ1) is 15.2. The number of hydrogen-bond acceptors (Lipinski definition) is 2. The van der Waals surface area contributed by atoms with E-state index in [1.165, 1.54) is 16.7 Å². The highest BCUT2D eigenvalue weighted by molar-refractivity contribution is 5.96. The van der Waals surface area contributed by atoms with Crippen molar-refractivity contribution in [1.29, 1.82) is 0 Å². The van der Waals surface area contributed by atoms with Gasteiger partial charge in [-0.3, -0.25) is 4.90 Å². The van der Waals surface area contributed by atoms with Gasteiger partial charge in [-0.1, -0.05) is 60.7 Å². The number of nitrogens with one attached hydrogen (secondary N) is 2. The molecule has 0 aromatic heterocycles. The molecule has 2 heterocycles. The fourth-order valence-electron chi connectivity index (χ4n) is 4.40. The molecule has 3 aromatic rings. The molecule has 1 saturated heterocycles. The summed E-state index contributed by atoms with van der Waals surface area (Å²) in [7, 11) is 0. The van der Waals surface area contributed by atoms with E-state index in [4.69, 9.17) is 0 Å². The van der Waals surface area contributed by atoms with Gasteiger partial charge in [0.25, 0.3) is 0 Å². The molecule has 31 heavy (non-hydrogen) atoms. The SMILES string of the molecule is O=C(Nc1cccc(N2CCNC2=O)c1)N1Cc2ccccc2C(c2ccccc2)C1. The summed E-state index contributed by atoms with van der Waals surface area (Å²) in [6, 6.07) is 25.8. The normalized spacial score (nSPS) is 17.8. The second-order valence-corrected chi connectivity index (χ2v) is 7.91. The van der Waals surface area contributed by atoms with Gasteiger partial charge in [-0.25, -0.2) is 9.59 Å². The van der Waals surface area contributed by atoms with Crippen molar-refractivity contribution >= 4 is 23.4 Å². The average Bonchev–Trinajstić information content (AvgIpc) is 3.25. The highest BCUT2D eigenvalue weighted by Crippen LogP contribution is 2.33. The van der Waals surface area contributed by atoms with Crippen LogP contribution in [0.25, 0.3) is 0 Å². The molecule has 4 amide bonds. The summed E-state index contributed by atoms with van der Waals surface area (Å²) in [6.45, 7) is 2.43. The number of anilines is 2. The van der Waals surface area contributed by atoms with E-state index in [9.17, 15) is 9.59 Å². The van der Waals surface area contributed by atoms with Crippen molar-refractivity contribution in [2.24, 2.45) is 0 Å². The summed E-state index contributed by atoms with van der Waals surface area (Å²) in [6.07, 6.45) is 0. The van der Waals surface area contributed by atoms with Gasteiger partial charge in [-0.05, 0) is 34.9 Å². The monoisotopic (exact) mass is 412 g/mol. The lowest BCUT2D eigenvalue weighted by molar-refractivity contribution is 0.203. The Bertz CT molecular complexity index is 1120. The van der Waals surface area contributed by atoms with Crippen LogP contribution in [0.2, 0.25) is 0 Å². The third-order valence-corrected chi connectivity index (χ3v) is 5.95. The highest BCUT2D eigenvalue weighted by Gasteiger charge is 2.29. The van der Waals surface area contributed by atoms with E-state index in [1.54, 1.807) is 4.90 Å². The summed E-state index contributed by atoms with van der Waals surface area (Å²) in [5.41, 5.74) is 5.10. The van der Waals surface area contributed by atoms with Gasteiger partial charge in [-0.15, -0.1) is 0 Å². The van der Waals surface area contributed by atoms with Crippen LogP contribution < -0.4 is 15.5 Å². The van der Waals surface area contributed by atoms with Gasteiger partial charge in [0.05, 0.1) is 0 Å². The Morgan fingerprint density at radius 1 is 0.968 bits per heavy atom. The maximum Gasteiger partial charge on any atom is 0.322 e. The van der Waals surface area contributed by atoms with Gasteiger partial charge in [0.15, 0.2) is 0 Å². The van der Waals surface area contributed by atoms with Gasteiger partial charge in [0.2, 0.25) is 0 Å². The lowest BCUT2D eigenvalue weighted by Gasteiger charge is -2.35. The molecule has 2 aliphatic heterocycles. The molecule has 0 bridgehead atoms. The first-order valence-corrected chi connectivity index (χ1v) is 10.5. The number of urea groups is 2. The average molecular weight is 412 g/mol. The summed E-state index contributed by atoms with van der Waals surface area (Å²) < 4.78 is 0. The van der Waals surface area contributed by atoms with Crippen molar-refractivity contribution in [3.8, 4) is 0 Å². The molecule has 0 radical (unpaired) electrons. The zero-order valence-corrected chi connectivity index (χ0v) is 17.1.